The maximum absolute atomic E-state index is 13.0. The molecule has 0 N–H and O–H groups in total. The normalized spacial score (nSPS) is 14.3. The van der Waals surface area contributed by atoms with Crippen molar-refractivity contribution < 1.29 is 41.3 Å². The fourth-order valence-electron chi connectivity index (χ4n) is 3.63. The third-order valence-corrected chi connectivity index (χ3v) is 8.54. The number of nitro groups is 1. The minimum absolute atomic E-state index is 0.0220. The van der Waals surface area contributed by atoms with Crippen LogP contribution < -0.4 is 18.4 Å². The second kappa shape index (κ2) is 12.8. The van der Waals surface area contributed by atoms with Crippen molar-refractivity contribution in [2.24, 2.45) is 0 Å². The molecule has 2 amide bonds. The average molecular weight is 712 g/mol. The molecular formula is C26H21IN2O10S2. The minimum atomic E-state index is -4.36. The number of hydrogen-bond donors (Lipinski definition) is 0. The molecule has 0 spiro atoms. The van der Waals surface area contributed by atoms with Crippen molar-refractivity contribution >= 4 is 67.4 Å². The van der Waals surface area contributed by atoms with Crippen molar-refractivity contribution in [2.45, 2.75) is 4.90 Å². The molecule has 214 valence electrons. The third-order valence-electron chi connectivity index (χ3n) is 5.59. The van der Waals surface area contributed by atoms with Gasteiger partial charge in [-0.25, -0.2) is 0 Å². The molecule has 3 aromatic rings. The summed E-state index contributed by atoms with van der Waals surface area (Å²) < 4.78 is 47.5. The zero-order chi connectivity index (χ0) is 29.7. The Bertz CT molecular complexity index is 1640. The van der Waals surface area contributed by atoms with Crippen molar-refractivity contribution in [1.29, 1.82) is 0 Å². The fraction of sp³-hybridized carbons (Fsp3) is 0.154. The number of carbonyl (C=O) groups excluding carboxylic acids is 2. The number of amides is 2. The Balaban J connectivity index is 1.50. The van der Waals surface area contributed by atoms with E-state index in [1.165, 1.54) is 26.4 Å². The van der Waals surface area contributed by atoms with E-state index in [0.29, 0.717) is 20.6 Å². The third kappa shape index (κ3) is 6.91. The van der Waals surface area contributed by atoms with Crippen LogP contribution in [0.1, 0.15) is 5.56 Å². The molecule has 0 radical (unpaired) electrons. The molecule has 3 aromatic carbocycles. The van der Waals surface area contributed by atoms with Crippen LogP contribution in [0, 0.1) is 13.7 Å². The zero-order valence-electron chi connectivity index (χ0n) is 21.4. The Morgan fingerprint density at radius 3 is 2.29 bits per heavy atom. The lowest BCUT2D eigenvalue weighted by Crippen LogP contribution is -2.32. The molecule has 0 unspecified atom stereocenters. The van der Waals surface area contributed by atoms with Crippen molar-refractivity contribution in [2.75, 3.05) is 27.4 Å². The summed E-state index contributed by atoms with van der Waals surface area (Å²) in [7, 11) is -1.53. The number of nitro benzene ring substituents is 1. The smallest absolute Gasteiger partial charge is 0.339 e. The number of rotatable bonds is 11. The van der Waals surface area contributed by atoms with Crippen molar-refractivity contribution in [3.8, 4) is 23.0 Å². The van der Waals surface area contributed by atoms with Crippen molar-refractivity contribution in [1.82, 2.24) is 4.90 Å². The summed E-state index contributed by atoms with van der Waals surface area (Å²) in [6.45, 7) is 0.0842. The van der Waals surface area contributed by atoms with E-state index in [9.17, 15) is 28.1 Å². The molecule has 1 heterocycles. The summed E-state index contributed by atoms with van der Waals surface area (Å²) in [4.78, 5) is 36.7. The van der Waals surface area contributed by atoms with Gasteiger partial charge in [0.15, 0.2) is 23.0 Å². The fourth-order valence-corrected chi connectivity index (χ4v) is 6.33. The summed E-state index contributed by atoms with van der Waals surface area (Å²) in [6.07, 6.45) is 1.49. The molecule has 0 saturated carbocycles. The first-order chi connectivity index (χ1) is 19.5. The number of non-ortho nitro benzene ring substituents is 1. The predicted octanol–water partition coefficient (Wildman–Crippen LogP) is 5.10. The van der Waals surface area contributed by atoms with Gasteiger partial charge in [-0.05, 0) is 82.4 Å². The topological polar surface area (TPSA) is 152 Å². The van der Waals surface area contributed by atoms with E-state index >= 15 is 0 Å². The van der Waals surface area contributed by atoms with Gasteiger partial charge in [-0.3, -0.25) is 24.6 Å². The van der Waals surface area contributed by atoms with E-state index in [-0.39, 0.29) is 40.1 Å². The lowest BCUT2D eigenvalue weighted by Gasteiger charge is -2.15. The number of para-hydroxylation sites is 2. The van der Waals surface area contributed by atoms with Crippen LogP contribution >= 0.6 is 34.4 Å². The zero-order valence-corrected chi connectivity index (χ0v) is 25.2. The number of hydrogen-bond acceptors (Lipinski definition) is 11. The Morgan fingerprint density at radius 2 is 1.66 bits per heavy atom. The number of halogens is 1. The summed E-state index contributed by atoms with van der Waals surface area (Å²) >= 11 is 2.62. The standard InChI is InChI=1S/C26H21IN2O10S2/c1-36-20-5-3-4-6-21(20)38-12-11-28-25(30)23(40-26(28)31)15-16-13-19(27)24(22(14-16)37-2)39-41(34,35)18-9-7-17(8-10-18)29(32)33/h3-10,13-15H,11-12H2,1-2H3/b23-15-. The highest BCUT2D eigenvalue weighted by molar-refractivity contribution is 14.1. The van der Waals surface area contributed by atoms with Gasteiger partial charge in [0.25, 0.3) is 16.8 Å². The molecule has 12 nitrogen and oxygen atoms in total. The molecule has 0 aliphatic carbocycles. The number of carbonyl (C=O) groups is 2. The monoisotopic (exact) mass is 712 g/mol. The second-order valence-corrected chi connectivity index (χ2v) is 11.9. The van der Waals surface area contributed by atoms with Gasteiger partial charge in [0.1, 0.15) is 11.5 Å². The van der Waals surface area contributed by atoms with E-state index in [2.05, 4.69) is 0 Å². The quantitative estimate of drug-likeness (QED) is 0.0859. The Hall–Kier alpha value is -3.83. The van der Waals surface area contributed by atoms with Crippen LogP contribution in [-0.2, 0) is 14.9 Å². The highest BCUT2D eigenvalue weighted by atomic mass is 127. The van der Waals surface area contributed by atoms with Crippen LogP contribution in [0.2, 0.25) is 0 Å². The lowest BCUT2D eigenvalue weighted by molar-refractivity contribution is -0.384. The molecule has 0 bridgehead atoms. The molecule has 1 fully saturated rings. The van der Waals surface area contributed by atoms with E-state index < -0.39 is 26.2 Å². The van der Waals surface area contributed by atoms with Gasteiger partial charge >= 0.3 is 10.1 Å². The molecular weight excluding hydrogens is 691 g/mol. The summed E-state index contributed by atoms with van der Waals surface area (Å²) in [5.74, 6) is 0.456. The van der Waals surface area contributed by atoms with Crippen LogP contribution in [0.3, 0.4) is 0 Å². The molecule has 41 heavy (non-hydrogen) atoms. The predicted molar refractivity (Wildman–Crippen MR) is 158 cm³/mol. The summed E-state index contributed by atoms with van der Waals surface area (Å²) in [5, 5.41) is 10.4. The lowest BCUT2D eigenvalue weighted by atomic mass is 10.2. The summed E-state index contributed by atoms with van der Waals surface area (Å²) in [5.41, 5.74) is 0.191. The highest BCUT2D eigenvalue weighted by Crippen LogP contribution is 2.38. The number of thioether (sulfide) groups is 1. The van der Waals surface area contributed by atoms with Crippen LogP contribution in [-0.4, -0.2) is 56.8 Å². The maximum atomic E-state index is 13.0. The van der Waals surface area contributed by atoms with Gasteiger partial charge in [0, 0.05) is 12.1 Å². The first-order valence-corrected chi connectivity index (χ1v) is 14.9. The van der Waals surface area contributed by atoms with Crippen LogP contribution in [0.25, 0.3) is 6.08 Å². The molecule has 4 rings (SSSR count). The van der Waals surface area contributed by atoms with Gasteiger partial charge in [0.05, 0.1) is 34.2 Å². The number of ether oxygens (including phenoxy) is 3. The SMILES string of the molecule is COc1ccccc1OCCN1C(=O)S/C(=C\c2cc(I)c(OS(=O)(=O)c3ccc([N+](=O)[O-])cc3)c(OC)c2)C1=O. The maximum Gasteiger partial charge on any atom is 0.339 e. The van der Waals surface area contributed by atoms with Crippen LogP contribution in [0.4, 0.5) is 10.5 Å². The van der Waals surface area contributed by atoms with Gasteiger partial charge in [-0.2, -0.15) is 8.42 Å². The molecule has 1 saturated heterocycles. The highest BCUT2D eigenvalue weighted by Gasteiger charge is 2.35. The number of methoxy groups -OCH3 is 2. The Morgan fingerprint density at radius 1 is 1.00 bits per heavy atom. The van der Waals surface area contributed by atoms with Crippen LogP contribution in [0.5, 0.6) is 23.0 Å². The summed E-state index contributed by atoms with van der Waals surface area (Å²) in [6, 6.07) is 14.3. The number of nitrogens with zero attached hydrogens (tertiary/aromatic N) is 2. The number of imide groups is 1. The van der Waals surface area contributed by atoms with Gasteiger partial charge in [-0.15, -0.1) is 0 Å². The van der Waals surface area contributed by atoms with E-state index in [1.807, 2.05) is 22.6 Å². The minimum Gasteiger partial charge on any atom is -0.493 e. The van der Waals surface area contributed by atoms with Gasteiger partial charge in [0.2, 0.25) is 0 Å². The van der Waals surface area contributed by atoms with Gasteiger partial charge in [-0.1, -0.05) is 12.1 Å². The number of benzene rings is 3. The van der Waals surface area contributed by atoms with Crippen molar-refractivity contribution in [3.05, 3.63) is 84.8 Å². The molecule has 0 atom stereocenters. The molecule has 1 aliphatic rings. The Labute approximate surface area is 252 Å². The average Bonchev–Trinajstić information content (AvgIpc) is 3.21. The Kier molecular flexibility index (Phi) is 9.39. The molecule has 15 heteroatoms. The van der Waals surface area contributed by atoms with Crippen LogP contribution in [0.15, 0.2) is 70.5 Å². The second-order valence-electron chi connectivity index (χ2n) is 8.16. The van der Waals surface area contributed by atoms with Crippen molar-refractivity contribution in [3.63, 3.8) is 0 Å². The first-order valence-electron chi connectivity index (χ1n) is 11.6. The molecule has 0 aromatic heterocycles. The largest absolute Gasteiger partial charge is 0.493 e. The molecule has 1 aliphatic heterocycles. The van der Waals surface area contributed by atoms with E-state index in [0.717, 1.165) is 40.9 Å². The van der Waals surface area contributed by atoms with Gasteiger partial charge < -0.3 is 18.4 Å². The first kappa shape index (κ1) is 30.1. The van der Waals surface area contributed by atoms with E-state index in [4.69, 9.17) is 18.4 Å². The van der Waals surface area contributed by atoms with E-state index in [1.54, 1.807) is 30.3 Å².